The summed E-state index contributed by atoms with van der Waals surface area (Å²) in [6.45, 7) is 3.34. The van der Waals surface area contributed by atoms with Crippen molar-refractivity contribution in [3.8, 4) is 17.0 Å². The first-order valence-corrected chi connectivity index (χ1v) is 10.2. The molecule has 0 spiro atoms. The van der Waals surface area contributed by atoms with Gasteiger partial charge in [-0.05, 0) is 31.5 Å². The number of nitrogens with two attached hydrogens (primary N) is 2. The number of aromatic hydroxyl groups is 1. The summed E-state index contributed by atoms with van der Waals surface area (Å²) >= 11 is 0. The van der Waals surface area contributed by atoms with Gasteiger partial charge in [-0.2, -0.15) is 0 Å². The summed E-state index contributed by atoms with van der Waals surface area (Å²) in [6.07, 6.45) is 1.44. The number of ether oxygens (including phenoxy) is 1. The number of hydrogen-bond donors (Lipinski definition) is 5. The molecule has 0 aliphatic carbocycles. The number of nitrogens with zero attached hydrogens (tertiary/aromatic N) is 2. The normalized spacial score (nSPS) is 10.8. The number of anilines is 2. The van der Waals surface area contributed by atoms with Crippen LogP contribution >= 0.6 is 0 Å². The smallest absolute Gasteiger partial charge is 0.326 e. The van der Waals surface area contributed by atoms with Crippen molar-refractivity contribution in [2.24, 2.45) is 5.73 Å². The van der Waals surface area contributed by atoms with Crippen LogP contribution in [-0.2, 0) is 22.7 Å². The van der Waals surface area contributed by atoms with Crippen LogP contribution in [0.2, 0.25) is 0 Å². The largest absolute Gasteiger partial charge is 0.508 e. The Kier molecular flexibility index (Phi) is 6.97. The molecule has 33 heavy (non-hydrogen) atoms. The fourth-order valence-electron chi connectivity index (χ4n) is 3.15. The average Bonchev–Trinajstić information content (AvgIpc) is 2.74. The molecule has 0 atom stereocenters. The summed E-state index contributed by atoms with van der Waals surface area (Å²) in [6, 6.07) is 11.1. The predicted octanol–water partition coefficient (Wildman–Crippen LogP) is 2.05. The number of benzene rings is 2. The van der Waals surface area contributed by atoms with Gasteiger partial charge < -0.3 is 26.6 Å². The minimum absolute atomic E-state index is 0.0115. The van der Waals surface area contributed by atoms with Crippen LogP contribution in [-0.4, -0.2) is 32.5 Å². The first-order valence-electron chi connectivity index (χ1n) is 10.2. The number of rotatable bonds is 8. The Morgan fingerprint density at radius 2 is 1.94 bits per heavy atom. The number of hydrogen-bond acceptors (Lipinski definition) is 8. The molecule has 10 heteroatoms. The molecule has 1 aromatic heterocycles. The Balaban J connectivity index is 1.88. The Labute approximate surface area is 190 Å². The molecule has 0 aliphatic rings. The molecular formula is C23H26N6O4. The molecule has 1 heterocycles. The van der Waals surface area contributed by atoms with Crippen molar-refractivity contribution >= 4 is 23.3 Å². The number of carbonyl (C=O) groups is 1. The lowest BCUT2D eigenvalue weighted by Crippen LogP contribution is -2.31. The third-order valence-corrected chi connectivity index (χ3v) is 4.67. The van der Waals surface area contributed by atoms with E-state index >= 15 is 0 Å². The van der Waals surface area contributed by atoms with Gasteiger partial charge in [0.15, 0.2) is 5.82 Å². The summed E-state index contributed by atoms with van der Waals surface area (Å²) in [7, 11) is 0. The number of esters is 1. The van der Waals surface area contributed by atoms with E-state index in [-0.39, 0.29) is 36.6 Å². The minimum atomic E-state index is -0.635. The molecule has 3 aromatic rings. The standard InChI is InChI=1S/C23H26N6O4/c1-13(2)28-22-23(32)29(19(10-27-22)16-7-17(24)9-18(30)8-16)11-20(31)33-12-14-3-5-15(6-4-14)21(25)26/h3-10,13,30H,11-12,24H2,1-2H3,(H3,25,26)(H,27,28). The van der Waals surface area contributed by atoms with E-state index in [0.29, 0.717) is 28.1 Å². The van der Waals surface area contributed by atoms with Gasteiger partial charge in [0, 0.05) is 28.9 Å². The lowest BCUT2D eigenvalue weighted by molar-refractivity contribution is -0.145. The van der Waals surface area contributed by atoms with E-state index in [4.69, 9.17) is 21.6 Å². The lowest BCUT2D eigenvalue weighted by Gasteiger charge is -2.16. The highest BCUT2D eigenvalue weighted by atomic mass is 16.5. The quantitative estimate of drug-likeness (QED) is 0.150. The monoisotopic (exact) mass is 450 g/mol. The zero-order valence-corrected chi connectivity index (χ0v) is 18.3. The third kappa shape index (κ3) is 5.88. The fraction of sp³-hybridized carbons (Fsp3) is 0.217. The van der Waals surface area contributed by atoms with Crippen molar-refractivity contribution in [2.75, 3.05) is 11.1 Å². The second kappa shape index (κ2) is 9.86. The highest BCUT2D eigenvalue weighted by Crippen LogP contribution is 2.26. The van der Waals surface area contributed by atoms with E-state index in [2.05, 4.69) is 10.3 Å². The highest BCUT2D eigenvalue weighted by Gasteiger charge is 2.17. The fourth-order valence-corrected chi connectivity index (χ4v) is 3.15. The molecule has 7 N–H and O–H groups in total. The van der Waals surface area contributed by atoms with E-state index in [1.165, 1.54) is 22.9 Å². The number of nitrogens with one attached hydrogen (secondary N) is 2. The van der Waals surface area contributed by atoms with Crippen molar-refractivity contribution in [3.63, 3.8) is 0 Å². The molecule has 0 saturated carbocycles. The molecule has 0 saturated heterocycles. The molecule has 0 fully saturated rings. The number of aromatic nitrogens is 2. The highest BCUT2D eigenvalue weighted by molar-refractivity contribution is 5.94. The number of phenolic OH excluding ortho intramolecular Hbond substituents is 1. The zero-order chi connectivity index (χ0) is 24.1. The second-order valence-electron chi connectivity index (χ2n) is 7.77. The van der Waals surface area contributed by atoms with E-state index in [0.717, 1.165) is 0 Å². The predicted molar refractivity (Wildman–Crippen MR) is 126 cm³/mol. The lowest BCUT2D eigenvalue weighted by atomic mass is 10.1. The van der Waals surface area contributed by atoms with E-state index in [9.17, 15) is 14.7 Å². The van der Waals surface area contributed by atoms with Gasteiger partial charge in [0.25, 0.3) is 5.56 Å². The first-order chi connectivity index (χ1) is 15.6. The zero-order valence-electron chi connectivity index (χ0n) is 18.3. The summed E-state index contributed by atoms with van der Waals surface area (Å²) in [5.74, 6) is -0.676. The number of nitrogen functional groups attached to an aromatic ring is 2. The van der Waals surface area contributed by atoms with Crippen molar-refractivity contribution in [1.82, 2.24) is 9.55 Å². The molecule has 0 radical (unpaired) electrons. The van der Waals surface area contributed by atoms with Gasteiger partial charge in [-0.1, -0.05) is 24.3 Å². The Bertz CT molecular complexity index is 1210. The Morgan fingerprint density at radius 3 is 2.55 bits per heavy atom. The van der Waals surface area contributed by atoms with Crippen LogP contribution in [0.4, 0.5) is 11.5 Å². The number of phenols is 1. The Morgan fingerprint density at radius 1 is 1.24 bits per heavy atom. The molecule has 0 bridgehead atoms. The van der Waals surface area contributed by atoms with Crippen molar-refractivity contribution in [1.29, 1.82) is 5.41 Å². The van der Waals surface area contributed by atoms with Crippen LogP contribution in [0.5, 0.6) is 5.75 Å². The summed E-state index contributed by atoms with van der Waals surface area (Å²) < 4.78 is 6.58. The summed E-state index contributed by atoms with van der Waals surface area (Å²) in [5.41, 5.74) is 13.1. The molecule has 0 aliphatic heterocycles. The van der Waals surface area contributed by atoms with Crippen LogP contribution in [0, 0.1) is 5.41 Å². The molecule has 0 amide bonds. The summed E-state index contributed by atoms with van der Waals surface area (Å²) in [4.78, 5) is 29.9. The molecule has 3 rings (SSSR count). The third-order valence-electron chi connectivity index (χ3n) is 4.67. The van der Waals surface area contributed by atoms with Crippen molar-refractivity contribution in [3.05, 3.63) is 70.1 Å². The second-order valence-corrected chi connectivity index (χ2v) is 7.77. The van der Waals surface area contributed by atoms with Crippen molar-refractivity contribution < 1.29 is 14.6 Å². The number of carbonyl (C=O) groups excluding carboxylic acids is 1. The van der Waals surface area contributed by atoms with Gasteiger partial charge in [0.2, 0.25) is 0 Å². The van der Waals surface area contributed by atoms with Crippen molar-refractivity contribution in [2.45, 2.75) is 33.0 Å². The summed E-state index contributed by atoms with van der Waals surface area (Å²) in [5, 5.41) is 20.3. The van der Waals surface area contributed by atoms with Gasteiger partial charge in [0.05, 0.1) is 11.9 Å². The number of amidine groups is 1. The maximum absolute atomic E-state index is 13.1. The maximum Gasteiger partial charge on any atom is 0.326 e. The molecule has 2 aromatic carbocycles. The maximum atomic E-state index is 13.1. The first kappa shape index (κ1) is 23.3. The Hall–Kier alpha value is -4.34. The van der Waals surface area contributed by atoms with Gasteiger partial charge >= 0.3 is 5.97 Å². The molecule has 10 nitrogen and oxygen atoms in total. The topological polar surface area (TPSA) is 169 Å². The van der Waals surface area contributed by atoms with Crippen LogP contribution < -0.4 is 22.3 Å². The van der Waals surface area contributed by atoms with Gasteiger partial charge in [-0.3, -0.25) is 19.6 Å². The van der Waals surface area contributed by atoms with Gasteiger partial charge in [-0.25, -0.2) is 4.98 Å². The molecular weight excluding hydrogens is 424 g/mol. The van der Waals surface area contributed by atoms with Crippen LogP contribution in [0.3, 0.4) is 0 Å². The van der Waals surface area contributed by atoms with Crippen LogP contribution in [0.1, 0.15) is 25.0 Å². The van der Waals surface area contributed by atoms with Gasteiger partial charge in [0.1, 0.15) is 24.7 Å². The SMILES string of the molecule is CC(C)Nc1ncc(-c2cc(N)cc(O)c2)n(CC(=O)OCc2ccc(C(=N)N)cc2)c1=O. The minimum Gasteiger partial charge on any atom is -0.508 e. The van der Waals surface area contributed by atoms with E-state index in [1.807, 2.05) is 13.8 Å². The van der Waals surface area contributed by atoms with Crippen LogP contribution in [0.25, 0.3) is 11.3 Å². The van der Waals surface area contributed by atoms with E-state index < -0.39 is 11.5 Å². The van der Waals surface area contributed by atoms with Gasteiger partial charge in [-0.15, -0.1) is 0 Å². The molecule has 172 valence electrons. The van der Waals surface area contributed by atoms with Crippen LogP contribution in [0.15, 0.2) is 53.5 Å². The molecule has 0 unspecified atom stereocenters. The average molecular weight is 450 g/mol. The van der Waals surface area contributed by atoms with E-state index in [1.54, 1.807) is 30.3 Å².